The lowest BCUT2D eigenvalue weighted by Gasteiger charge is -2.32. The molecule has 0 saturated heterocycles. The highest BCUT2D eigenvalue weighted by molar-refractivity contribution is 6.28. The fraction of sp³-hybridized carbons (Fsp3) is 0.667. The number of nitrogens with zero attached hydrogens (tertiary/aromatic N) is 2. The van der Waals surface area contributed by atoms with E-state index >= 15 is 0 Å². The molecule has 0 aromatic carbocycles. The molecule has 0 aliphatic carbocycles. The van der Waals surface area contributed by atoms with Gasteiger partial charge in [-0.3, -0.25) is 0 Å². The van der Waals surface area contributed by atoms with Crippen molar-refractivity contribution >= 4 is 17.4 Å². The maximum Gasteiger partial charge on any atom is 0.224 e. The fourth-order valence-corrected chi connectivity index (χ4v) is 2.11. The van der Waals surface area contributed by atoms with Gasteiger partial charge in [0.25, 0.3) is 0 Å². The normalized spacial score (nSPS) is 11.6. The fourth-order valence-electron chi connectivity index (χ4n) is 1.88. The third kappa shape index (κ3) is 3.08. The lowest BCUT2D eigenvalue weighted by Crippen LogP contribution is -2.36. The van der Waals surface area contributed by atoms with E-state index < -0.39 is 0 Å². The summed E-state index contributed by atoms with van der Waals surface area (Å²) in [4.78, 5) is 8.26. The van der Waals surface area contributed by atoms with Crippen LogP contribution < -0.4 is 5.32 Å². The standard InChI is InChI=1S/C12H20ClN3/c1-5-12(6-2,7-3)16-10-8-9(4)14-11(13)15-10/h8H,5-7H2,1-4H3,(H,14,15,16). The van der Waals surface area contributed by atoms with E-state index in [1.807, 2.05) is 13.0 Å². The van der Waals surface area contributed by atoms with Crippen LogP contribution in [0.25, 0.3) is 0 Å². The number of halogens is 1. The van der Waals surface area contributed by atoms with Crippen LogP contribution >= 0.6 is 11.6 Å². The summed E-state index contributed by atoms with van der Waals surface area (Å²) in [6.45, 7) is 8.49. The van der Waals surface area contributed by atoms with Crippen LogP contribution in [0, 0.1) is 6.92 Å². The molecule has 0 aliphatic heterocycles. The summed E-state index contributed by atoms with van der Waals surface area (Å²) >= 11 is 5.85. The lowest BCUT2D eigenvalue weighted by molar-refractivity contribution is 0.419. The molecule has 0 fully saturated rings. The van der Waals surface area contributed by atoms with Gasteiger partial charge in [-0.05, 0) is 37.8 Å². The van der Waals surface area contributed by atoms with E-state index in [1.165, 1.54) is 0 Å². The Hall–Kier alpha value is -0.830. The van der Waals surface area contributed by atoms with Crippen LogP contribution in [-0.2, 0) is 0 Å². The van der Waals surface area contributed by atoms with Gasteiger partial charge >= 0.3 is 0 Å². The van der Waals surface area contributed by atoms with Gasteiger partial charge in [-0.2, -0.15) is 0 Å². The smallest absolute Gasteiger partial charge is 0.224 e. The van der Waals surface area contributed by atoms with Crippen molar-refractivity contribution in [2.45, 2.75) is 52.5 Å². The Kier molecular flexibility index (Phi) is 4.54. The Morgan fingerprint density at radius 2 is 1.75 bits per heavy atom. The summed E-state index contributed by atoms with van der Waals surface area (Å²) in [6.07, 6.45) is 3.21. The molecule has 0 amide bonds. The average molecular weight is 242 g/mol. The van der Waals surface area contributed by atoms with Crippen molar-refractivity contribution < 1.29 is 0 Å². The van der Waals surface area contributed by atoms with Gasteiger partial charge in [0.2, 0.25) is 5.28 Å². The van der Waals surface area contributed by atoms with Crippen molar-refractivity contribution in [3.05, 3.63) is 17.0 Å². The molecule has 1 N–H and O–H groups in total. The maximum atomic E-state index is 5.85. The number of hydrogen-bond acceptors (Lipinski definition) is 3. The Labute approximate surface area is 103 Å². The molecule has 1 aromatic rings. The Morgan fingerprint density at radius 3 is 2.19 bits per heavy atom. The number of rotatable bonds is 5. The van der Waals surface area contributed by atoms with Gasteiger partial charge in [-0.25, -0.2) is 9.97 Å². The minimum absolute atomic E-state index is 0.115. The minimum Gasteiger partial charge on any atom is -0.365 e. The van der Waals surface area contributed by atoms with Crippen LogP contribution in [0.3, 0.4) is 0 Å². The largest absolute Gasteiger partial charge is 0.365 e. The maximum absolute atomic E-state index is 5.85. The van der Waals surface area contributed by atoms with E-state index in [1.54, 1.807) is 0 Å². The third-order valence-corrected chi connectivity index (χ3v) is 3.42. The van der Waals surface area contributed by atoms with Gasteiger partial charge in [0.1, 0.15) is 5.82 Å². The van der Waals surface area contributed by atoms with Crippen LogP contribution in [0.4, 0.5) is 5.82 Å². The highest BCUT2D eigenvalue weighted by Crippen LogP contribution is 2.25. The van der Waals surface area contributed by atoms with Gasteiger partial charge in [0.15, 0.2) is 0 Å². The molecule has 4 heteroatoms. The third-order valence-electron chi connectivity index (χ3n) is 3.25. The quantitative estimate of drug-likeness (QED) is 0.797. The molecule has 0 bridgehead atoms. The molecule has 1 rings (SSSR count). The molecule has 0 unspecified atom stereocenters. The van der Waals surface area contributed by atoms with Gasteiger partial charge in [-0.15, -0.1) is 0 Å². The molecule has 1 aromatic heterocycles. The molecule has 16 heavy (non-hydrogen) atoms. The van der Waals surface area contributed by atoms with Crippen LogP contribution in [0.15, 0.2) is 6.07 Å². The molecule has 0 spiro atoms. The summed E-state index contributed by atoms with van der Waals surface area (Å²) in [7, 11) is 0. The van der Waals surface area contributed by atoms with Crippen LogP contribution in [0.2, 0.25) is 5.28 Å². The van der Waals surface area contributed by atoms with Crippen LogP contribution in [0.1, 0.15) is 45.7 Å². The zero-order valence-electron chi connectivity index (χ0n) is 10.5. The molecule has 1 heterocycles. The Balaban J connectivity index is 2.93. The predicted octanol–water partition coefficient (Wildman–Crippen LogP) is 3.82. The molecule has 0 atom stereocenters. The van der Waals surface area contributed by atoms with E-state index in [4.69, 9.17) is 11.6 Å². The second kappa shape index (κ2) is 5.48. The predicted molar refractivity (Wildman–Crippen MR) is 69.0 cm³/mol. The van der Waals surface area contributed by atoms with Gasteiger partial charge in [-0.1, -0.05) is 20.8 Å². The summed E-state index contributed by atoms with van der Waals surface area (Å²) < 4.78 is 0. The molecule has 0 saturated carbocycles. The molecule has 0 aliphatic rings. The van der Waals surface area contributed by atoms with E-state index in [0.717, 1.165) is 30.8 Å². The Morgan fingerprint density at radius 1 is 1.19 bits per heavy atom. The second-order valence-corrected chi connectivity index (χ2v) is 4.47. The van der Waals surface area contributed by atoms with Gasteiger partial charge in [0.05, 0.1) is 0 Å². The minimum atomic E-state index is 0.115. The van der Waals surface area contributed by atoms with Crippen LogP contribution in [0.5, 0.6) is 0 Å². The second-order valence-electron chi connectivity index (χ2n) is 4.13. The first-order valence-electron chi connectivity index (χ1n) is 5.84. The summed E-state index contributed by atoms with van der Waals surface area (Å²) in [6, 6.07) is 1.93. The van der Waals surface area contributed by atoms with E-state index in [2.05, 4.69) is 36.1 Å². The molecule has 3 nitrogen and oxygen atoms in total. The average Bonchev–Trinajstić information content (AvgIpc) is 2.25. The van der Waals surface area contributed by atoms with Gasteiger partial charge < -0.3 is 5.32 Å². The summed E-state index contributed by atoms with van der Waals surface area (Å²) in [5.41, 5.74) is 1.00. The number of nitrogens with one attached hydrogen (secondary N) is 1. The number of aryl methyl sites for hydroxylation is 1. The monoisotopic (exact) mass is 241 g/mol. The van der Waals surface area contributed by atoms with E-state index in [-0.39, 0.29) is 5.54 Å². The van der Waals surface area contributed by atoms with E-state index in [0.29, 0.717) is 5.28 Å². The number of hydrogen-bond donors (Lipinski definition) is 1. The van der Waals surface area contributed by atoms with Crippen molar-refractivity contribution in [1.29, 1.82) is 0 Å². The SMILES string of the molecule is CCC(CC)(CC)Nc1cc(C)nc(Cl)n1. The van der Waals surface area contributed by atoms with Gasteiger partial charge in [0, 0.05) is 17.3 Å². The first-order chi connectivity index (χ1) is 7.55. The zero-order chi connectivity index (χ0) is 12.2. The highest BCUT2D eigenvalue weighted by Gasteiger charge is 2.23. The molecule has 0 radical (unpaired) electrons. The zero-order valence-corrected chi connectivity index (χ0v) is 11.2. The first-order valence-corrected chi connectivity index (χ1v) is 6.22. The summed E-state index contributed by atoms with van der Waals surface area (Å²) in [5.74, 6) is 0.822. The summed E-state index contributed by atoms with van der Waals surface area (Å²) in [5, 5.41) is 3.79. The van der Waals surface area contributed by atoms with Crippen molar-refractivity contribution in [3.63, 3.8) is 0 Å². The Bertz CT molecular complexity index is 320. The number of aromatic nitrogens is 2. The molecule has 90 valence electrons. The lowest BCUT2D eigenvalue weighted by atomic mass is 9.90. The topological polar surface area (TPSA) is 37.8 Å². The highest BCUT2D eigenvalue weighted by atomic mass is 35.5. The van der Waals surface area contributed by atoms with Crippen LogP contribution in [-0.4, -0.2) is 15.5 Å². The molecular weight excluding hydrogens is 222 g/mol. The van der Waals surface area contributed by atoms with Crippen molar-refractivity contribution in [3.8, 4) is 0 Å². The van der Waals surface area contributed by atoms with Crippen molar-refractivity contribution in [2.24, 2.45) is 0 Å². The number of anilines is 1. The van der Waals surface area contributed by atoms with Crippen molar-refractivity contribution in [1.82, 2.24) is 9.97 Å². The van der Waals surface area contributed by atoms with Crippen molar-refractivity contribution in [2.75, 3.05) is 5.32 Å². The molecular formula is C12H20ClN3. The first kappa shape index (κ1) is 13.2. The van der Waals surface area contributed by atoms with E-state index in [9.17, 15) is 0 Å².